The van der Waals surface area contributed by atoms with Gasteiger partial charge in [-0.3, -0.25) is 0 Å². The molecule has 0 unspecified atom stereocenters. The second-order valence-electron chi connectivity index (χ2n) is 2.64. The van der Waals surface area contributed by atoms with Gasteiger partial charge < -0.3 is 10.4 Å². The molecule has 2 N–H and O–H groups in total. The highest BCUT2D eigenvalue weighted by molar-refractivity contribution is 7.17. The van der Waals surface area contributed by atoms with E-state index in [1.807, 2.05) is 17.5 Å². The number of nitrogens with zero attached hydrogens (tertiary/aromatic N) is 1. The van der Waals surface area contributed by atoms with Crippen molar-refractivity contribution in [3.8, 4) is 0 Å². The Balaban J connectivity index is 2.37. The first kappa shape index (κ1) is 8.47. The molecule has 0 fully saturated rings. The quantitative estimate of drug-likeness (QED) is 0.781. The van der Waals surface area contributed by atoms with Gasteiger partial charge in [-0.2, -0.15) is 0 Å². The van der Waals surface area contributed by atoms with E-state index < -0.39 is 0 Å². The zero-order valence-electron chi connectivity index (χ0n) is 7.03. The Morgan fingerprint density at radius 2 is 2.38 bits per heavy atom. The number of aliphatic hydroxyl groups excluding tert-OH is 1. The van der Waals surface area contributed by atoms with Crippen LogP contribution in [-0.4, -0.2) is 23.2 Å². The summed E-state index contributed by atoms with van der Waals surface area (Å²) < 4.78 is 1.22. The van der Waals surface area contributed by atoms with E-state index in [1.54, 1.807) is 17.5 Å². The maximum Gasteiger partial charge on any atom is 0.134 e. The SMILES string of the molecule is OCCNc1nccc2sccc12. The van der Waals surface area contributed by atoms with Gasteiger partial charge in [0.05, 0.1) is 6.61 Å². The van der Waals surface area contributed by atoms with Gasteiger partial charge in [0.2, 0.25) is 0 Å². The third-order valence-electron chi connectivity index (χ3n) is 1.78. The molecular formula is C9H10N2OS. The Hall–Kier alpha value is -1.13. The molecule has 13 heavy (non-hydrogen) atoms. The Morgan fingerprint density at radius 1 is 1.46 bits per heavy atom. The number of nitrogens with one attached hydrogen (secondary N) is 1. The fourth-order valence-electron chi connectivity index (χ4n) is 1.21. The van der Waals surface area contributed by atoms with Gasteiger partial charge in [0, 0.05) is 22.8 Å². The van der Waals surface area contributed by atoms with Gasteiger partial charge in [0.1, 0.15) is 5.82 Å². The summed E-state index contributed by atoms with van der Waals surface area (Å²) in [6.07, 6.45) is 1.78. The van der Waals surface area contributed by atoms with Gasteiger partial charge in [-0.05, 0) is 17.5 Å². The number of aromatic nitrogens is 1. The van der Waals surface area contributed by atoms with Crippen molar-refractivity contribution < 1.29 is 5.11 Å². The summed E-state index contributed by atoms with van der Waals surface area (Å²) in [6.45, 7) is 0.671. The lowest BCUT2D eigenvalue weighted by atomic mass is 10.3. The molecule has 4 heteroatoms. The van der Waals surface area contributed by atoms with E-state index in [0.717, 1.165) is 11.2 Å². The predicted octanol–water partition coefficient (Wildman–Crippen LogP) is 1.70. The largest absolute Gasteiger partial charge is 0.395 e. The standard InChI is InChI=1S/C9H10N2OS/c12-5-4-11-9-7-2-6-13-8(7)1-3-10-9/h1-3,6,12H,4-5H2,(H,10,11). The Bertz CT molecular complexity index is 399. The lowest BCUT2D eigenvalue weighted by Crippen LogP contribution is -2.06. The molecule has 0 saturated carbocycles. The zero-order chi connectivity index (χ0) is 9.10. The Morgan fingerprint density at radius 3 is 3.23 bits per heavy atom. The molecule has 2 rings (SSSR count). The summed E-state index contributed by atoms with van der Waals surface area (Å²) in [4.78, 5) is 4.20. The van der Waals surface area contributed by atoms with Crippen LogP contribution < -0.4 is 5.32 Å². The summed E-state index contributed by atoms with van der Waals surface area (Å²) in [6, 6.07) is 4.02. The van der Waals surface area contributed by atoms with E-state index in [2.05, 4.69) is 10.3 Å². The van der Waals surface area contributed by atoms with Crippen molar-refractivity contribution in [1.82, 2.24) is 4.98 Å². The summed E-state index contributed by atoms with van der Waals surface area (Å²) in [5.74, 6) is 0.854. The van der Waals surface area contributed by atoms with Crippen molar-refractivity contribution in [2.75, 3.05) is 18.5 Å². The fraction of sp³-hybridized carbons (Fsp3) is 0.222. The molecule has 0 bridgehead atoms. The highest BCUT2D eigenvalue weighted by Gasteiger charge is 2.01. The monoisotopic (exact) mass is 194 g/mol. The second-order valence-corrected chi connectivity index (χ2v) is 3.59. The number of anilines is 1. The maximum atomic E-state index is 8.66. The molecule has 0 saturated heterocycles. The number of pyridine rings is 1. The molecule has 2 heterocycles. The second kappa shape index (κ2) is 3.72. The van der Waals surface area contributed by atoms with Crippen LogP contribution in [0.15, 0.2) is 23.7 Å². The molecular weight excluding hydrogens is 184 g/mol. The average Bonchev–Trinajstić information content (AvgIpc) is 2.62. The van der Waals surface area contributed by atoms with Crippen molar-refractivity contribution in [1.29, 1.82) is 0 Å². The predicted molar refractivity (Wildman–Crippen MR) is 55.2 cm³/mol. The van der Waals surface area contributed by atoms with Crippen LogP contribution in [0.4, 0.5) is 5.82 Å². The molecule has 0 amide bonds. The maximum absolute atomic E-state index is 8.66. The van der Waals surface area contributed by atoms with Crippen LogP contribution in [0.25, 0.3) is 10.1 Å². The summed E-state index contributed by atoms with van der Waals surface area (Å²) >= 11 is 1.69. The number of thiophene rings is 1. The van der Waals surface area contributed by atoms with Gasteiger partial charge in [0.15, 0.2) is 0 Å². The highest BCUT2D eigenvalue weighted by Crippen LogP contribution is 2.25. The van der Waals surface area contributed by atoms with E-state index in [9.17, 15) is 0 Å². The number of aliphatic hydroxyl groups is 1. The third kappa shape index (κ3) is 1.64. The minimum absolute atomic E-state index is 0.127. The molecule has 2 aromatic rings. The van der Waals surface area contributed by atoms with Crippen LogP contribution in [0.5, 0.6) is 0 Å². The van der Waals surface area contributed by atoms with Gasteiger partial charge in [-0.25, -0.2) is 4.98 Å². The molecule has 0 aliphatic heterocycles. The summed E-state index contributed by atoms with van der Waals surface area (Å²) in [7, 11) is 0. The van der Waals surface area contributed by atoms with Crippen LogP contribution >= 0.6 is 11.3 Å². The molecule has 0 spiro atoms. The van der Waals surface area contributed by atoms with E-state index in [1.165, 1.54) is 4.70 Å². The average molecular weight is 194 g/mol. The minimum Gasteiger partial charge on any atom is -0.395 e. The van der Waals surface area contributed by atoms with Crippen molar-refractivity contribution in [3.05, 3.63) is 23.7 Å². The molecule has 2 aromatic heterocycles. The van der Waals surface area contributed by atoms with Crippen molar-refractivity contribution in [2.24, 2.45) is 0 Å². The van der Waals surface area contributed by atoms with E-state index in [-0.39, 0.29) is 6.61 Å². The van der Waals surface area contributed by atoms with Crippen molar-refractivity contribution >= 4 is 27.2 Å². The van der Waals surface area contributed by atoms with Crippen molar-refractivity contribution in [2.45, 2.75) is 0 Å². The van der Waals surface area contributed by atoms with Crippen LogP contribution in [-0.2, 0) is 0 Å². The normalized spacial score (nSPS) is 10.5. The number of hydrogen-bond donors (Lipinski definition) is 2. The lowest BCUT2D eigenvalue weighted by molar-refractivity contribution is 0.311. The van der Waals surface area contributed by atoms with Gasteiger partial charge in [-0.1, -0.05) is 0 Å². The number of rotatable bonds is 3. The first-order chi connectivity index (χ1) is 6.42. The molecule has 0 aliphatic rings. The molecule has 0 aliphatic carbocycles. The van der Waals surface area contributed by atoms with Crippen LogP contribution in [0.2, 0.25) is 0 Å². The van der Waals surface area contributed by atoms with Crippen molar-refractivity contribution in [3.63, 3.8) is 0 Å². The van der Waals surface area contributed by atoms with Gasteiger partial charge in [0.25, 0.3) is 0 Å². The first-order valence-corrected chi connectivity index (χ1v) is 4.97. The molecule has 68 valence electrons. The summed E-state index contributed by atoms with van der Waals surface area (Å²) in [5.41, 5.74) is 0. The minimum atomic E-state index is 0.127. The topological polar surface area (TPSA) is 45.1 Å². The summed E-state index contributed by atoms with van der Waals surface area (Å²) in [5, 5.41) is 14.9. The van der Waals surface area contributed by atoms with Crippen LogP contribution in [0, 0.1) is 0 Å². The van der Waals surface area contributed by atoms with Crippen LogP contribution in [0.3, 0.4) is 0 Å². The smallest absolute Gasteiger partial charge is 0.134 e. The Kier molecular flexibility index (Phi) is 2.42. The van der Waals surface area contributed by atoms with E-state index in [0.29, 0.717) is 6.54 Å². The fourth-order valence-corrected chi connectivity index (χ4v) is 1.99. The number of hydrogen-bond acceptors (Lipinski definition) is 4. The molecule has 0 aromatic carbocycles. The zero-order valence-corrected chi connectivity index (χ0v) is 7.84. The highest BCUT2D eigenvalue weighted by atomic mass is 32.1. The molecule has 0 atom stereocenters. The third-order valence-corrected chi connectivity index (χ3v) is 2.67. The van der Waals surface area contributed by atoms with Crippen LogP contribution in [0.1, 0.15) is 0 Å². The molecule has 0 radical (unpaired) electrons. The van der Waals surface area contributed by atoms with E-state index >= 15 is 0 Å². The Labute approximate surface area is 80.0 Å². The van der Waals surface area contributed by atoms with Gasteiger partial charge in [-0.15, -0.1) is 11.3 Å². The van der Waals surface area contributed by atoms with Gasteiger partial charge >= 0.3 is 0 Å². The first-order valence-electron chi connectivity index (χ1n) is 4.09. The lowest BCUT2D eigenvalue weighted by Gasteiger charge is -2.03. The van der Waals surface area contributed by atoms with E-state index in [4.69, 9.17) is 5.11 Å². The number of fused-ring (bicyclic) bond motifs is 1. The molecule has 3 nitrogen and oxygen atoms in total.